The largest absolute Gasteiger partial charge is 0.465 e. The molecule has 23 heavy (non-hydrogen) atoms. The lowest BCUT2D eigenvalue weighted by Gasteiger charge is -2.16. The van der Waals surface area contributed by atoms with Crippen molar-refractivity contribution in [1.29, 1.82) is 0 Å². The predicted molar refractivity (Wildman–Crippen MR) is 87.3 cm³/mol. The van der Waals surface area contributed by atoms with Gasteiger partial charge in [0.05, 0.1) is 18.7 Å². The second-order valence-corrected chi connectivity index (χ2v) is 5.13. The lowest BCUT2D eigenvalue weighted by atomic mass is 10.1. The molecule has 1 atom stereocenters. The van der Waals surface area contributed by atoms with Crippen LogP contribution in [-0.2, 0) is 4.74 Å². The number of rotatable bonds is 4. The molecule has 120 valence electrons. The Kier molecular flexibility index (Phi) is 5.30. The molecule has 1 aromatic carbocycles. The fourth-order valence-electron chi connectivity index (χ4n) is 2.07. The monoisotopic (exact) mass is 313 g/mol. The van der Waals surface area contributed by atoms with Crippen LogP contribution in [0.3, 0.4) is 0 Å². The fourth-order valence-corrected chi connectivity index (χ4v) is 2.07. The standard InChI is InChI=1S/C17H19N3O3/c1-11-6-7-13(16(21)23-3)9-15(11)20-17(22)19-12(2)14-5-4-8-18-10-14/h4-10,12H,1-3H3,(H2,19,20,22). The maximum Gasteiger partial charge on any atom is 0.337 e. The van der Waals surface area contributed by atoms with Crippen molar-refractivity contribution in [2.24, 2.45) is 0 Å². The molecule has 0 bridgehead atoms. The summed E-state index contributed by atoms with van der Waals surface area (Å²) in [4.78, 5) is 27.7. The average Bonchev–Trinajstić information content (AvgIpc) is 2.56. The molecule has 2 amide bonds. The van der Waals surface area contributed by atoms with Crippen molar-refractivity contribution in [3.8, 4) is 0 Å². The molecule has 2 aromatic rings. The van der Waals surface area contributed by atoms with Gasteiger partial charge in [0.2, 0.25) is 0 Å². The maximum atomic E-state index is 12.1. The number of ether oxygens (including phenoxy) is 1. The Labute approximate surface area is 134 Å². The van der Waals surface area contributed by atoms with E-state index in [-0.39, 0.29) is 12.1 Å². The molecule has 1 unspecified atom stereocenters. The normalized spacial score (nSPS) is 11.4. The van der Waals surface area contributed by atoms with Crippen LogP contribution in [0.2, 0.25) is 0 Å². The Balaban J connectivity index is 2.06. The second kappa shape index (κ2) is 7.40. The fraction of sp³-hybridized carbons (Fsp3) is 0.235. The minimum atomic E-state index is -0.447. The average molecular weight is 313 g/mol. The highest BCUT2D eigenvalue weighted by Gasteiger charge is 2.12. The van der Waals surface area contributed by atoms with E-state index < -0.39 is 5.97 Å². The van der Waals surface area contributed by atoms with Crippen LogP contribution in [0.15, 0.2) is 42.7 Å². The first-order chi connectivity index (χ1) is 11.0. The molecule has 0 fully saturated rings. The lowest BCUT2D eigenvalue weighted by molar-refractivity contribution is 0.0600. The van der Waals surface area contributed by atoms with Crippen LogP contribution in [0.25, 0.3) is 0 Å². The molecule has 0 aliphatic carbocycles. The summed E-state index contributed by atoms with van der Waals surface area (Å²) in [5, 5.41) is 5.58. The summed E-state index contributed by atoms with van der Waals surface area (Å²) in [7, 11) is 1.32. The van der Waals surface area contributed by atoms with E-state index in [1.165, 1.54) is 7.11 Å². The predicted octanol–water partition coefficient (Wildman–Crippen LogP) is 3.06. The summed E-state index contributed by atoms with van der Waals surface area (Å²) in [6, 6.07) is 8.17. The van der Waals surface area contributed by atoms with Gasteiger partial charge in [0, 0.05) is 18.1 Å². The number of aromatic nitrogens is 1. The molecule has 1 aromatic heterocycles. The van der Waals surface area contributed by atoms with Gasteiger partial charge < -0.3 is 15.4 Å². The van der Waals surface area contributed by atoms with Gasteiger partial charge in [0.15, 0.2) is 0 Å². The number of nitrogens with zero attached hydrogens (tertiary/aromatic N) is 1. The molecule has 6 nitrogen and oxygen atoms in total. The Morgan fingerprint density at radius 3 is 2.70 bits per heavy atom. The van der Waals surface area contributed by atoms with Crippen molar-refractivity contribution < 1.29 is 14.3 Å². The molecule has 0 spiro atoms. The van der Waals surface area contributed by atoms with Crippen LogP contribution in [0.5, 0.6) is 0 Å². The van der Waals surface area contributed by atoms with Gasteiger partial charge >= 0.3 is 12.0 Å². The van der Waals surface area contributed by atoms with E-state index in [9.17, 15) is 9.59 Å². The van der Waals surface area contributed by atoms with Crippen LogP contribution in [-0.4, -0.2) is 24.1 Å². The summed E-state index contributed by atoms with van der Waals surface area (Å²) >= 11 is 0. The van der Waals surface area contributed by atoms with Gasteiger partial charge in [-0.2, -0.15) is 0 Å². The molecule has 0 saturated carbocycles. The lowest BCUT2D eigenvalue weighted by Crippen LogP contribution is -2.31. The van der Waals surface area contributed by atoms with Gasteiger partial charge in [-0.1, -0.05) is 12.1 Å². The highest BCUT2D eigenvalue weighted by Crippen LogP contribution is 2.18. The van der Waals surface area contributed by atoms with Gasteiger partial charge in [0.25, 0.3) is 0 Å². The van der Waals surface area contributed by atoms with E-state index in [1.807, 2.05) is 26.0 Å². The van der Waals surface area contributed by atoms with Crippen molar-refractivity contribution in [3.63, 3.8) is 0 Å². The van der Waals surface area contributed by atoms with E-state index in [0.29, 0.717) is 11.3 Å². The number of aryl methyl sites for hydroxylation is 1. The zero-order chi connectivity index (χ0) is 16.8. The third-order valence-electron chi connectivity index (χ3n) is 3.44. The van der Waals surface area contributed by atoms with Crippen molar-refractivity contribution >= 4 is 17.7 Å². The van der Waals surface area contributed by atoms with Crippen molar-refractivity contribution in [3.05, 3.63) is 59.4 Å². The first-order valence-corrected chi connectivity index (χ1v) is 7.17. The van der Waals surface area contributed by atoms with Gasteiger partial charge in [0.1, 0.15) is 0 Å². The SMILES string of the molecule is COC(=O)c1ccc(C)c(NC(=O)NC(C)c2cccnc2)c1. The van der Waals surface area contributed by atoms with Crippen LogP contribution >= 0.6 is 0 Å². The minimum absolute atomic E-state index is 0.187. The topological polar surface area (TPSA) is 80.3 Å². The number of benzene rings is 1. The Bertz CT molecular complexity index is 701. The van der Waals surface area contributed by atoms with Crippen LogP contribution < -0.4 is 10.6 Å². The maximum absolute atomic E-state index is 12.1. The first kappa shape index (κ1) is 16.5. The number of pyridine rings is 1. The quantitative estimate of drug-likeness (QED) is 0.850. The van der Waals surface area contributed by atoms with E-state index >= 15 is 0 Å². The highest BCUT2D eigenvalue weighted by molar-refractivity contribution is 5.94. The molecule has 2 N–H and O–H groups in total. The van der Waals surface area contributed by atoms with Gasteiger partial charge in [-0.05, 0) is 43.2 Å². The van der Waals surface area contributed by atoms with Crippen molar-refractivity contribution in [2.75, 3.05) is 12.4 Å². The molecular weight excluding hydrogens is 294 g/mol. The molecule has 2 rings (SSSR count). The third kappa shape index (κ3) is 4.29. The number of carbonyl (C=O) groups is 2. The molecule has 1 heterocycles. The number of anilines is 1. The molecular formula is C17H19N3O3. The van der Waals surface area contributed by atoms with Crippen LogP contribution in [0, 0.1) is 6.92 Å². The summed E-state index contributed by atoms with van der Waals surface area (Å²) in [6.45, 7) is 3.72. The molecule has 0 aliphatic heterocycles. The third-order valence-corrected chi connectivity index (χ3v) is 3.44. The van der Waals surface area contributed by atoms with E-state index in [2.05, 4.69) is 20.4 Å². The van der Waals surface area contributed by atoms with Crippen LogP contribution in [0.1, 0.15) is 34.5 Å². The van der Waals surface area contributed by atoms with E-state index in [4.69, 9.17) is 0 Å². The zero-order valence-corrected chi connectivity index (χ0v) is 13.3. The van der Waals surface area contributed by atoms with Gasteiger partial charge in [-0.3, -0.25) is 4.98 Å². The summed E-state index contributed by atoms with van der Waals surface area (Å²) in [5.74, 6) is -0.447. The Morgan fingerprint density at radius 1 is 1.26 bits per heavy atom. The number of methoxy groups -OCH3 is 1. The Hall–Kier alpha value is -2.89. The van der Waals surface area contributed by atoms with E-state index in [0.717, 1.165) is 11.1 Å². The minimum Gasteiger partial charge on any atom is -0.465 e. The number of nitrogens with one attached hydrogen (secondary N) is 2. The highest BCUT2D eigenvalue weighted by atomic mass is 16.5. The second-order valence-electron chi connectivity index (χ2n) is 5.13. The number of urea groups is 1. The first-order valence-electron chi connectivity index (χ1n) is 7.17. The molecule has 0 saturated heterocycles. The van der Waals surface area contributed by atoms with E-state index in [1.54, 1.807) is 30.6 Å². The zero-order valence-electron chi connectivity index (χ0n) is 13.3. The summed E-state index contributed by atoms with van der Waals surface area (Å²) in [5.41, 5.74) is 2.70. The molecule has 0 radical (unpaired) electrons. The smallest absolute Gasteiger partial charge is 0.337 e. The number of hydrogen-bond donors (Lipinski definition) is 2. The molecule has 0 aliphatic rings. The van der Waals surface area contributed by atoms with Crippen molar-refractivity contribution in [2.45, 2.75) is 19.9 Å². The molecule has 6 heteroatoms. The van der Waals surface area contributed by atoms with Gasteiger partial charge in [-0.25, -0.2) is 9.59 Å². The summed E-state index contributed by atoms with van der Waals surface area (Å²) in [6.07, 6.45) is 3.38. The number of carbonyl (C=O) groups excluding carboxylic acids is 2. The number of amides is 2. The number of hydrogen-bond acceptors (Lipinski definition) is 4. The Morgan fingerprint density at radius 2 is 2.04 bits per heavy atom. The van der Waals surface area contributed by atoms with Crippen molar-refractivity contribution in [1.82, 2.24) is 10.3 Å². The summed E-state index contributed by atoms with van der Waals surface area (Å²) < 4.78 is 4.68. The van der Waals surface area contributed by atoms with Gasteiger partial charge in [-0.15, -0.1) is 0 Å². The van der Waals surface area contributed by atoms with Crippen LogP contribution in [0.4, 0.5) is 10.5 Å². The number of esters is 1.